The van der Waals surface area contributed by atoms with Crippen LogP contribution in [0.15, 0.2) is 18.3 Å². The maximum absolute atomic E-state index is 12.7. The van der Waals surface area contributed by atoms with Crippen LogP contribution in [0.4, 0.5) is 5.82 Å². The van der Waals surface area contributed by atoms with Crippen LogP contribution in [-0.2, 0) is 4.79 Å². The molecule has 0 aliphatic carbocycles. The Morgan fingerprint density at radius 1 is 1.26 bits per heavy atom. The average molecular weight is 312 g/mol. The highest BCUT2D eigenvalue weighted by atomic mass is 16.2. The summed E-state index contributed by atoms with van der Waals surface area (Å²) in [5.74, 6) is 2.05. The van der Waals surface area contributed by atoms with E-state index in [0.717, 1.165) is 51.3 Å². The van der Waals surface area contributed by atoms with Crippen molar-refractivity contribution in [2.24, 2.45) is 11.8 Å². The van der Waals surface area contributed by atoms with Crippen molar-refractivity contribution in [3.8, 4) is 6.07 Å². The van der Waals surface area contributed by atoms with Crippen LogP contribution in [0.5, 0.6) is 0 Å². The quantitative estimate of drug-likeness (QED) is 0.841. The van der Waals surface area contributed by atoms with Crippen LogP contribution in [-0.4, -0.2) is 42.0 Å². The summed E-state index contributed by atoms with van der Waals surface area (Å²) in [6, 6.07) is 5.78. The van der Waals surface area contributed by atoms with Crippen molar-refractivity contribution in [2.75, 3.05) is 31.1 Å². The summed E-state index contributed by atoms with van der Waals surface area (Å²) in [4.78, 5) is 21.3. The molecule has 3 heterocycles. The summed E-state index contributed by atoms with van der Waals surface area (Å²) < 4.78 is 0. The van der Waals surface area contributed by atoms with Crippen LogP contribution in [0.3, 0.4) is 0 Å². The Balaban J connectivity index is 1.55. The fraction of sp³-hybridized carbons (Fsp3) is 0.611. The van der Waals surface area contributed by atoms with Gasteiger partial charge in [-0.3, -0.25) is 4.79 Å². The number of carbonyl (C=O) groups is 1. The molecule has 23 heavy (non-hydrogen) atoms. The molecule has 1 amide bonds. The van der Waals surface area contributed by atoms with E-state index in [1.54, 1.807) is 12.3 Å². The third kappa shape index (κ3) is 3.64. The van der Waals surface area contributed by atoms with Gasteiger partial charge < -0.3 is 9.80 Å². The van der Waals surface area contributed by atoms with E-state index in [-0.39, 0.29) is 5.92 Å². The molecule has 0 bridgehead atoms. The molecule has 2 aliphatic heterocycles. The van der Waals surface area contributed by atoms with Crippen LogP contribution in [0.25, 0.3) is 0 Å². The van der Waals surface area contributed by atoms with Gasteiger partial charge in [-0.15, -0.1) is 0 Å². The summed E-state index contributed by atoms with van der Waals surface area (Å²) in [7, 11) is 0. The second-order valence-electron chi connectivity index (χ2n) is 6.81. The molecule has 1 atom stereocenters. The molecule has 1 aromatic heterocycles. The molecular weight excluding hydrogens is 288 g/mol. The first-order valence-electron chi connectivity index (χ1n) is 8.57. The minimum atomic E-state index is 0.162. The number of amides is 1. The molecule has 2 aliphatic rings. The van der Waals surface area contributed by atoms with Crippen molar-refractivity contribution < 1.29 is 4.79 Å². The molecule has 0 radical (unpaired) electrons. The molecule has 0 aromatic carbocycles. The van der Waals surface area contributed by atoms with Gasteiger partial charge in [-0.2, -0.15) is 5.26 Å². The van der Waals surface area contributed by atoms with Crippen LogP contribution in [0, 0.1) is 23.2 Å². The van der Waals surface area contributed by atoms with Gasteiger partial charge >= 0.3 is 0 Å². The van der Waals surface area contributed by atoms with E-state index < -0.39 is 0 Å². The number of pyridine rings is 1. The minimum Gasteiger partial charge on any atom is -0.357 e. The molecule has 5 nitrogen and oxygen atoms in total. The molecule has 5 heteroatoms. The highest BCUT2D eigenvalue weighted by Crippen LogP contribution is 2.25. The third-order valence-corrected chi connectivity index (χ3v) is 5.01. The Labute approximate surface area is 137 Å². The number of anilines is 1. The van der Waals surface area contributed by atoms with E-state index in [0.29, 0.717) is 17.4 Å². The molecule has 2 saturated heterocycles. The van der Waals surface area contributed by atoms with Crippen molar-refractivity contribution >= 4 is 11.7 Å². The van der Waals surface area contributed by atoms with Crippen LogP contribution in [0.2, 0.25) is 0 Å². The maximum Gasteiger partial charge on any atom is 0.225 e. The average Bonchev–Trinajstić information content (AvgIpc) is 2.61. The van der Waals surface area contributed by atoms with Gasteiger partial charge in [0.25, 0.3) is 0 Å². The first-order valence-corrected chi connectivity index (χ1v) is 8.57. The zero-order valence-corrected chi connectivity index (χ0v) is 13.7. The summed E-state index contributed by atoms with van der Waals surface area (Å²) in [5.41, 5.74) is 0.582. The van der Waals surface area contributed by atoms with E-state index in [4.69, 9.17) is 5.26 Å². The SMILES string of the molecule is C[C@@H]1CCCN(C(=O)C2CCN(c3ccc(C#N)cn3)CC2)C1. The predicted octanol–water partition coefficient (Wildman–Crippen LogP) is 2.43. The Bertz CT molecular complexity index is 584. The second-order valence-corrected chi connectivity index (χ2v) is 6.81. The lowest BCUT2D eigenvalue weighted by Gasteiger charge is -2.37. The van der Waals surface area contributed by atoms with Crippen molar-refractivity contribution in [3.05, 3.63) is 23.9 Å². The molecule has 0 saturated carbocycles. The third-order valence-electron chi connectivity index (χ3n) is 5.01. The smallest absolute Gasteiger partial charge is 0.225 e. The lowest BCUT2D eigenvalue weighted by atomic mass is 9.93. The number of nitrogens with zero attached hydrogens (tertiary/aromatic N) is 4. The fourth-order valence-electron chi connectivity index (χ4n) is 3.64. The maximum atomic E-state index is 12.7. The highest BCUT2D eigenvalue weighted by molar-refractivity contribution is 5.79. The monoisotopic (exact) mass is 312 g/mol. The van der Waals surface area contributed by atoms with Crippen LogP contribution >= 0.6 is 0 Å². The van der Waals surface area contributed by atoms with E-state index in [1.165, 1.54) is 6.42 Å². The summed E-state index contributed by atoms with van der Waals surface area (Å²) in [6.07, 6.45) is 5.78. The summed E-state index contributed by atoms with van der Waals surface area (Å²) >= 11 is 0. The molecule has 0 N–H and O–H groups in total. The van der Waals surface area contributed by atoms with E-state index in [2.05, 4.69) is 27.8 Å². The van der Waals surface area contributed by atoms with Gasteiger partial charge in [0.15, 0.2) is 0 Å². The van der Waals surface area contributed by atoms with Crippen molar-refractivity contribution in [3.63, 3.8) is 0 Å². The van der Waals surface area contributed by atoms with Gasteiger partial charge in [-0.1, -0.05) is 6.92 Å². The van der Waals surface area contributed by atoms with E-state index in [9.17, 15) is 4.79 Å². The summed E-state index contributed by atoms with van der Waals surface area (Å²) in [6.45, 7) is 5.81. The standard InChI is InChI=1S/C18H24N4O/c1-14-3-2-8-22(13-14)18(23)16-6-9-21(10-7-16)17-5-4-15(11-19)12-20-17/h4-5,12,14,16H,2-3,6-10,13H2,1H3/t14-/m1/s1. The number of likely N-dealkylation sites (tertiary alicyclic amines) is 1. The van der Waals surface area contributed by atoms with E-state index in [1.807, 2.05) is 6.07 Å². The molecule has 0 unspecified atom stereocenters. The Morgan fingerprint density at radius 3 is 2.65 bits per heavy atom. The first-order chi connectivity index (χ1) is 11.2. The fourth-order valence-corrected chi connectivity index (χ4v) is 3.64. The van der Waals surface area contributed by atoms with Crippen LogP contribution in [0.1, 0.15) is 38.2 Å². The molecule has 2 fully saturated rings. The lowest BCUT2D eigenvalue weighted by molar-refractivity contribution is -0.137. The zero-order valence-electron chi connectivity index (χ0n) is 13.7. The van der Waals surface area contributed by atoms with Gasteiger partial charge in [0.05, 0.1) is 5.56 Å². The normalized spacial score (nSPS) is 22.7. The number of nitriles is 1. The lowest BCUT2D eigenvalue weighted by Crippen LogP contribution is -2.46. The second kappa shape index (κ2) is 6.99. The van der Waals surface area contributed by atoms with E-state index >= 15 is 0 Å². The molecular formula is C18H24N4O. The zero-order chi connectivity index (χ0) is 16.2. The number of hydrogen-bond donors (Lipinski definition) is 0. The number of piperidine rings is 2. The molecule has 1 aromatic rings. The number of rotatable bonds is 2. The van der Waals surface area contributed by atoms with Gasteiger partial charge in [-0.25, -0.2) is 4.98 Å². The van der Waals surface area contributed by atoms with Crippen molar-refractivity contribution in [1.29, 1.82) is 5.26 Å². The van der Waals surface area contributed by atoms with Gasteiger partial charge in [0, 0.05) is 38.3 Å². The number of aromatic nitrogens is 1. The topological polar surface area (TPSA) is 60.2 Å². The minimum absolute atomic E-state index is 0.162. The number of carbonyl (C=O) groups excluding carboxylic acids is 1. The molecule has 0 spiro atoms. The van der Waals surface area contributed by atoms with Crippen molar-refractivity contribution in [1.82, 2.24) is 9.88 Å². The Kier molecular flexibility index (Phi) is 4.80. The predicted molar refractivity (Wildman–Crippen MR) is 88.9 cm³/mol. The summed E-state index contributed by atoms with van der Waals surface area (Å²) in [5, 5.41) is 8.83. The van der Waals surface area contributed by atoms with Crippen molar-refractivity contribution in [2.45, 2.75) is 32.6 Å². The first kappa shape index (κ1) is 15.8. The molecule has 3 rings (SSSR count). The van der Waals surface area contributed by atoms with Gasteiger partial charge in [0.2, 0.25) is 5.91 Å². The van der Waals surface area contributed by atoms with Crippen LogP contribution < -0.4 is 4.90 Å². The Morgan fingerprint density at radius 2 is 2.04 bits per heavy atom. The van der Waals surface area contributed by atoms with Gasteiger partial charge in [0.1, 0.15) is 11.9 Å². The Hall–Kier alpha value is -2.09. The molecule has 122 valence electrons. The van der Waals surface area contributed by atoms with Gasteiger partial charge in [-0.05, 0) is 43.7 Å². The largest absolute Gasteiger partial charge is 0.357 e. The highest BCUT2D eigenvalue weighted by Gasteiger charge is 2.30. The number of hydrogen-bond acceptors (Lipinski definition) is 4.